The Balaban J connectivity index is 2.14. The maximum atomic E-state index is 5.89. The smallest absolute Gasteiger partial charge is 0.385 e. The first-order chi connectivity index (χ1) is 9.76. The van der Waals surface area contributed by atoms with Crippen molar-refractivity contribution in [1.82, 2.24) is 0 Å². The molecule has 1 N–H and O–H groups in total. The molecule has 114 valence electrons. The second kappa shape index (κ2) is 9.93. The molecular weight excluding hydrogens is 270 g/mol. The third-order valence-electron chi connectivity index (χ3n) is 3.17. The minimum absolute atomic E-state index is 0.699. The molecule has 0 radical (unpaired) electrons. The molecule has 1 aromatic carbocycles. The van der Waals surface area contributed by atoms with E-state index in [-0.39, 0.29) is 0 Å². The van der Waals surface area contributed by atoms with E-state index in [9.17, 15) is 0 Å². The van der Waals surface area contributed by atoms with E-state index in [0.29, 0.717) is 6.61 Å². The van der Waals surface area contributed by atoms with Crippen molar-refractivity contribution < 1.29 is 13.3 Å². The Labute approximate surface area is 123 Å². The van der Waals surface area contributed by atoms with Crippen molar-refractivity contribution in [2.24, 2.45) is 0 Å². The molecule has 0 aliphatic heterocycles. The van der Waals surface area contributed by atoms with Gasteiger partial charge >= 0.3 is 8.80 Å². The van der Waals surface area contributed by atoms with Gasteiger partial charge in [0.25, 0.3) is 0 Å². The molecule has 5 heteroatoms. The minimum Gasteiger partial charge on any atom is -0.385 e. The van der Waals surface area contributed by atoms with Gasteiger partial charge < -0.3 is 18.6 Å². The first kappa shape index (κ1) is 17.2. The molecule has 0 saturated heterocycles. The number of rotatable bonds is 11. The summed E-state index contributed by atoms with van der Waals surface area (Å²) in [4.78, 5) is 0. The van der Waals surface area contributed by atoms with E-state index in [1.807, 2.05) is 18.2 Å². The summed E-state index contributed by atoms with van der Waals surface area (Å²) < 4.78 is 16.9. The molecule has 0 amide bonds. The van der Waals surface area contributed by atoms with Crippen LogP contribution in [0.4, 0.5) is 5.69 Å². The summed E-state index contributed by atoms with van der Waals surface area (Å²) in [6.45, 7) is 3.77. The van der Waals surface area contributed by atoms with Crippen molar-refractivity contribution in [3.8, 4) is 0 Å². The van der Waals surface area contributed by atoms with E-state index in [2.05, 4.69) is 24.4 Å². The van der Waals surface area contributed by atoms with Gasteiger partial charge in [0.2, 0.25) is 0 Å². The second-order valence-corrected chi connectivity index (χ2v) is 7.66. The number of hydrogen-bond donors (Lipinski definition) is 1. The predicted molar refractivity (Wildman–Crippen MR) is 85.0 cm³/mol. The Kier molecular flexibility index (Phi) is 8.53. The van der Waals surface area contributed by atoms with Gasteiger partial charge in [0.1, 0.15) is 0 Å². The van der Waals surface area contributed by atoms with E-state index in [4.69, 9.17) is 13.3 Å². The van der Waals surface area contributed by atoms with Gasteiger partial charge in [-0.1, -0.05) is 31.5 Å². The molecule has 0 atom stereocenters. The van der Waals surface area contributed by atoms with Gasteiger partial charge in [-0.3, -0.25) is 0 Å². The van der Waals surface area contributed by atoms with Crippen LogP contribution in [-0.4, -0.2) is 36.2 Å². The summed E-state index contributed by atoms with van der Waals surface area (Å²) in [5, 5.41) is 3.39. The normalized spacial score (nSPS) is 11.6. The molecule has 0 aromatic heterocycles. The van der Waals surface area contributed by atoms with Crippen LogP contribution >= 0.6 is 0 Å². The monoisotopic (exact) mass is 297 g/mol. The van der Waals surface area contributed by atoms with Crippen LogP contribution in [0, 0.1) is 0 Å². The van der Waals surface area contributed by atoms with E-state index in [0.717, 1.165) is 37.5 Å². The number of anilines is 1. The quantitative estimate of drug-likeness (QED) is 0.501. The molecule has 0 heterocycles. The zero-order valence-electron chi connectivity index (χ0n) is 12.9. The number of nitrogens with one attached hydrogen (secondary N) is 1. The second-order valence-electron chi connectivity index (χ2n) is 4.69. The number of benzene rings is 1. The van der Waals surface area contributed by atoms with E-state index in [1.165, 1.54) is 0 Å². The van der Waals surface area contributed by atoms with Crippen LogP contribution in [0.1, 0.15) is 26.2 Å². The highest BCUT2D eigenvalue weighted by atomic mass is 28.4. The summed E-state index contributed by atoms with van der Waals surface area (Å²) in [6, 6.07) is 11.1. The van der Waals surface area contributed by atoms with Crippen LogP contribution in [0.5, 0.6) is 0 Å². The Hall–Kier alpha value is -0.883. The third-order valence-corrected chi connectivity index (χ3v) is 6.17. The first-order valence-corrected chi connectivity index (χ1v) is 9.22. The molecule has 0 aliphatic carbocycles. The third kappa shape index (κ3) is 6.05. The largest absolute Gasteiger partial charge is 0.500 e. The van der Waals surface area contributed by atoms with Gasteiger partial charge in [-0.05, 0) is 25.0 Å². The lowest BCUT2D eigenvalue weighted by molar-refractivity contribution is 0.0966. The van der Waals surface area contributed by atoms with Crippen molar-refractivity contribution >= 4 is 14.5 Å². The van der Waals surface area contributed by atoms with Crippen molar-refractivity contribution in [1.29, 1.82) is 0 Å². The lowest BCUT2D eigenvalue weighted by atomic mass is 10.3. The molecule has 0 fully saturated rings. The van der Waals surface area contributed by atoms with Crippen molar-refractivity contribution in [2.45, 2.75) is 32.2 Å². The van der Waals surface area contributed by atoms with Crippen molar-refractivity contribution in [3.63, 3.8) is 0 Å². The standard InChI is InChI=1S/C15H27NO3Si/c1-4-14-20(17-2,18-3)19-13-9-8-12-16-15-10-6-5-7-11-15/h5-7,10-11,16H,4,8-9,12-14H2,1-3H3. The molecule has 1 aromatic rings. The Bertz CT molecular complexity index is 344. The molecule has 0 saturated carbocycles. The van der Waals surface area contributed by atoms with Gasteiger partial charge in [-0.15, -0.1) is 0 Å². The molecule has 0 spiro atoms. The predicted octanol–water partition coefficient (Wildman–Crippen LogP) is 3.54. The van der Waals surface area contributed by atoms with Crippen LogP contribution in [0.3, 0.4) is 0 Å². The zero-order valence-corrected chi connectivity index (χ0v) is 13.9. The SMILES string of the molecule is CCC[Si](OC)(OC)OCCCCNc1ccccc1. The topological polar surface area (TPSA) is 39.7 Å². The Morgan fingerprint density at radius 2 is 1.75 bits per heavy atom. The highest BCUT2D eigenvalue weighted by Crippen LogP contribution is 2.16. The molecule has 0 bridgehead atoms. The average molecular weight is 297 g/mol. The van der Waals surface area contributed by atoms with E-state index < -0.39 is 8.80 Å². The fraction of sp³-hybridized carbons (Fsp3) is 0.600. The van der Waals surface area contributed by atoms with Gasteiger partial charge in [0.05, 0.1) is 0 Å². The zero-order chi connectivity index (χ0) is 14.7. The van der Waals surface area contributed by atoms with Crippen molar-refractivity contribution in [2.75, 3.05) is 32.7 Å². The van der Waals surface area contributed by atoms with Crippen molar-refractivity contribution in [3.05, 3.63) is 30.3 Å². The van der Waals surface area contributed by atoms with Crippen LogP contribution in [-0.2, 0) is 13.3 Å². The van der Waals surface area contributed by atoms with E-state index in [1.54, 1.807) is 14.2 Å². The van der Waals surface area contributed by atoms with Gasteiger partial charge in [-0.2, -0.15) is 0 Å². The minimum atomic E-state index is -2.39. The highest BCUT2D eigenvalue weighted by Gasteiger charge is 2.37. The molecule has 0 unspecified atom stereocenters. The first-order valence-electron chi connectivity index (χ1n) is 7.29. The molecule has 0 aliphatic rings. The molecule has 20 heavy (non-hydrogen) atoms. The maximum Gasteiger partial charge on any atom is 0.500 e. The van der Waals surface area contributed by atoms with Crippen LogP contribution in [0.2, 0.25) is 6.04 Å². The Morgan fingerprint density at radius 3 is 2.35 bits per heavy atom. The number of unbranched alkanes of at least 4 members (excludes halogenated alkanes) is 1. The average Bonchev–Trinajstić information content (AvgIpc) is 2.50. The fourth-order valence-electron chi connectivity index (χ4n) is 2.03. The van der Waals surface area contributed by atoms with Crippen LogP contribution in [0.15, 0.2) is 30.3 Å². The highest BCUT2D eigenvalue weighted by molar-refractivity contribution is 6.60. The summed E-state index contributed by atoms with van der Waals surface area (Å²) >= 11 is 0. The summed E-state index contributed by atoms with van der Waals surface area (Å²) in [5.41, 5.74) is 1.16. The lowest BCUT2D eigenvalue weighted by Crippen LogP contribution is -2.43. The number of para-hydroxylation sites is 1. The van der Waals surface area contributed by atoms with Crippen LogP contribution in [0.25, 0.3) is 0 Å². The van der Waals surface area contributed by atoms with Gasteiger partial charge in [-0.25, -0.2) is 0 Å². The molecular formula is C15H27NO3Si. The lowest BCUT2D eigenvalue weighted by Gasteiger charge is -2.25. The summed E-state index contributed by atoms with van der Waals surface area (Å²) in [6.07, 6.45) is 3.09. The maximum absolute atomic E-state index is 5.89. The Morgan fingerprint density at radius 1 is 1.05 bits per heavy atom. The van der Waals surface area contributed by atoms with Crippen LogP contribution < -0.4 is 5.32 Å². The summed E-state index contributed by atoms with van der Waals surface area (Å²) in [7, 11) is 0.978. The summed E-state index contributed by atoms with van der Waals surface area (Å²) in [5.74, 6) is 0. The van der Waals surface area contributed by atoms with E-state index >= 15 is 0 Å². The molecule has 4 nitrogen and oxygen atoms in total. The fourth-order valence-corrected chi connectivity index (χ4v) is 4.05. The number of hydrogen-bond acceptors (Lipinski definition) is 4. The van der Waals surface area contributed by atoms with Gasteiger partial charge in [0, 0.05) is 39.1 Å². The molecule has 1 rings (SSSR count). The van der Waals surface area contributed by atoms with Gasteiger partial charge in [0.15, 0.2) is 0 Å².